The summed E-state index contributed by atoms with van der Waals surface area (Å²) in [5.74, 6) is 1.01. The molecule has 0 radical (unpaired) electrons. The van der Waals surface area contributed by atoms with E-state index in [-0.39, 0.29) is 5.91 Å². The van der Waals surface area contributed by atoms with Crippen LogP contribution >= 0.6 is 0 Å². The number of rotatable bonds is 4. The van der Waals surface area contributed by atoms with Gasteiger partial charge in [-0.25, -0.2) is 9.97 Å². The van der Waals surface area contributed by atoms with Gasteiger partial charge in [0.15, 0.2) is 5.65 Å². The number of piperazine rings is 1. The average Bonchev–Trinajstić information content (AvgIpc) is 3.34. The van der Waals surface area contributed by atoms with Crippen molar-refractivity contribution < 1.29 is 4.79 Å². The lowest BCUT2D eigenvalue weighted by molar-refractivity contribution is 0.0746. The first-order valence-corrected chi connectivity index (χ1v) is 12.7. The van der Waals surface area contributed by atoms with E-state index in [1.165, 1.54) is 5.56 Å². The molecule has 6 rings (SSSR count). The van der Waals surface area contributed by atoms with E-state index < -0.39 is 0 Å². The lowest BCUT2D eigenvalue weighted by Gasteiger charge is -2.36. The van der Waals surface area contributed by atoms with Crippen LogP contribution < -0.4 is 4.90 Å². The topological polar surface area (TPSA) is 54.3 Å². The van der Waals surface area contributed by atoms with E-state index in [2.05, 4.69) is 71.1 Å². The number of nitrogens with zero attached hydrogens (tertiary/aromatic N) is 5. The minimum Gasteiger partial charge on any atom is -0.352 e. The molecule has 0 aliphatic carbocycles. The molecule has 37 heavy (non-hydrogen) atoms. The molecule has 1 saturated heterocycles. The van der Waals surface area contributed by atoms with Gasteiger partial charge in [0.1, 0.15) is 12.1 Å². The first kappa shape index (κ1) is 23.0. The minimum absolute atomic E-state index is 0.0982. The van der Waals surface area contributed by atoms with Gasteiger partial charge in [-0.1, -0.05) is 66.2 Å². The summed E-state index contributed by atoms with van der Waals surface area (Å²) in [7, 11) is 0. The van der Waals surface area contributed by atoms with Gasteiger partial charge < -0.3 is 14.4 Å². The molecule has 6 heteroatoms. The van der Waals surface area contributed by atoms with E-state index in [9.17, 15) is 4.79 Å². The Kier molecular flexibility index (Phi) is 5.93. The van der Waals surface area contributed by atoms with Gasteiger partial charge in [-0.15, -0.1) is 0 Å². The van der Waals surface area contributed by atoms with Crippen LogP contribution in [0.1, 0.15) is 21.5 Å². The van der Waals surface area contributed by atoms with Crippen molar-refractivity contribution in [2.75, 3.05) is 31.1 Å². The molecule has 6 nitrogen and oxygen atoms in total. The Morgan fingerprint density at radius 2 is 1.49 bits per heavy atom. The highest BCUT2D eigenvalue weighted by molar-refractivity contribution is 6.02. The Hall–Kier alpha value is -4.45. The zero-order chi connectivity index (χ0) is 25.4. The van der Waals surface area contributed by atoms with Gasteiger partial charge in [-0.2, -0.15) is 0 Å². The summed E-state index contributed by atoms with van der Waals surface area (Å²) in [6.07, 6.45) is 3.82. The van der Waals surface area contributed by atoms with Crippen LogP contribution in [0.3, 0.4) is 0 Å². The van der Waals surface area contributed by atoms with E-state index in [0.717, 1.165) is 44.8 Å². The first-order valence-electron chi connectivity index (χ1n) is 12.7. The first-order chi connectivity index (χ1) is 18.1. The van der Waals surface area contributed by atoms with E-state index >= 15 is 0 Å². The molecule has 3 heterocycles. The molecule has 3 aromatic carbocycles. The zero-order valence-corrected chi connectivity index (χ0v) is 21.1. The predicted octanol–water partition coefficient (Wildman–Crippen LogP) is 5.67. The van der Waals surface area contributed by atoms with Crippen LogP contribution in [0.25, 0.3) is 27.8 Å². The molecule has 2 aromatic heterocycles. The standard InChI is InChI=1S/C31H29N5O/c1-22-12-14-25(15-13-22)36-20-27(24-9-4-3-5-10-24)28-29(32-21-33-30(28)36)34-16-18-35(19-17-34)31(37)26-11-7-6-8-23(26)2/h3-15,20-21H,16-19H2,1-2H3. The highest BCUT2D eigenvalue weighted by atomic mass is 16.2. The van der Waals surface area contributed by atoms with Crippen molar-refractivity contribution in [3.05, 3.63) is 108 Å². The Bertz CT molecular complexity index is 1570. The molecule has 1 amide bonds. The third kappa shape index (κ3) is 4.25. The summed E-state index contributed by atoms with van der Waals surface area (Å²) in [6.45, 7) is 6.82. The van der Waals surface area contributed by atoms with Crippen LogP contribution in [-0.2, 0) is 0 Å². The van der Waals surface area contributed by atoms with Crippen molar-refractivity contribution in [2.45, 2.75) is 13.8 Å². The fourth-order valence-electron chi connectivity index (χ4n) is 5.13. The summed E-state index contributed by atoms with van der Waals surface area (Å²) < 4.78 is 2.15. The second-order valence-electron chi connectivity index (χ2n) is 9.60. The van der Waals surface area contributed by atoms with Gasteiger partial charge in [-0.05, 0) is 43.2 Å². The summed E-state index contributed by atoms with van der Waals surface area (Å²) in [4.78, 5) is 26.9. The number of aryl methyl sites for hydroxylation is 2. The van der Waals surface area contributed by atoms with Gasteiger partial charge in [0.05, 0.1) is 5.39 Å². The molecule has 0 atom stereocenters. The van der Waals surface area contributed by atoms with Crippen LogP contribution in [0.15, 0.2) is 91.4 Å². The largest absolute Gasteiger partial charge is 0.352 e. The molecule has 1 aliphatic rings. The van der Waals surface area contributed by atoms with Gasteiger partial charge >= 0.3 is 0 Å². The molecule has 0 unspecified atom stereocenters. The van der Waals surface area contributed by atoms with Crippen LogP contribution in [0.4, 0.5) is 5.82 Å². The number of fused-ring (bicyclic) bond motifs is 1. The van der Waals surface area contributed by atoms with Crippen LogP contribution in [0.5, 0.6) is 0 Å². The van der Waals surface area contributed by atoms with Gasteiger partial charge in [0.2, 0.25) is 0 Å². The lowest BCUT2D eigenvalue weighted by atomic mass is 10.1. The Labute approximate surface area is 216 Å². The molecule has 1 fully saturated rings. The molecule has 0 N–H and O–H groups in total. The minimum atomic E-state index is 0.0982. The summed E-state index contributed by atoms with van der Waals surface area (Å²) in [6, 6.07) is 26.7. The number of hydrogen-bond acceptors (Lipinski definition) is 4. The van der Waals surface area contributed by atoms with Crippen LogP contribution in [-0.4, -0.2) is 51.5 Å². The normalized spacial score (nSPS) is 13.8. The molecule has 184 valence electrons. The Morgan fingerprint density at radius 3 is 2.22 bits per heavy atom. The van der Waals surface area contributed by atoms with Gasteiger partial charge in [0.25, 0.3) is 5.91 Å². The molecule has 0 spiro atoms. The summed E-state index contributed by atoms with van der Waals surface area (Å²) in [5, 5.41) is 1.04. The molecule has 5 aromatic rings. The van der Waals surface area contributed by atoms with E-state index in [4.69, 9.17) is 9.97 Å². The lowest BCUT2D eigenvalue weighted by Crippen LogP contribution is -2.49. The highest BCUT2D eigenvalue weighted by Crippen LogP contribution is 2.37. The fraction of sp³-hybridized carbons (Fsp3) is 0.194. The fourth-order valence-corrected chi connectivity index (χ4v) is 5.13. The summed E-state index contributed by atoms with van der Waals surface area (Å²) >= 11 is 0. The van der Waals surface area contributed by atoms with Crippen molar-refractivity contribution >= 4 is 22.8 Å². The molecule has 1 aliphatic heterocycles. The van der Waals surface area contributed by atoms with E-state index in [1.54, 1.807) is 6.33 Å². The Morgan fingerprint density at radius 1 is 0.784 bits per heavy atom. The maximum absolute atomic E-state index is 13.2. The van der Waals surface area contributed by atoms with Gasteiger partial charge in [-0.3, -0.25) is 4.79 Å². The number of carbonyl (C=O) groups is 1. The van der Waals surface area contributed by atoms with Crippen LogP contribution in [0, 0.1) is 13.8 Å². The highest BCUT2D eigenvalue weighted by Gasteiger charge is 2.27. The Balaban J connectivity index is 1.38. The molecular formula is C31H29N5O. The van der Waals surface area contributed by atoms with Crippen molar-refractivity contribution in [1.29, 1.82) is 0 Å². The zero-order valence-electron chi connectivity index (χ0n) is 21.1. The SMILES string of the molecule is Cc1ccc(-n2cc(-c3ccccc3)c3c(N4CCN(C(=O)c5ccccc5C)CC4)ncnc32)cc1. The number of benzene rings is 3. The molecular weight excluding hydrogens is 458 g/mol. The van der Waals surface area contributed by atoms with E-state index in [0.29, 0.717) is 26.2 Å². The number of anilines is 1. The van der Waals surface area contributed by atoms with Crippen molar-refractivity contribution in [3.63, 3.8) is 0 Å². The van der Waals surface area contributed by atoms with Crippen molar-refractivity contribution in [3.8, 4) is 16.8 Å². The second kappa shape index (κ2) is 9.54. The van der Waals surface area contributed by atoms with E-state index in [1.807, 2.05) is 42.2 Å². The summed E-state index contributed by atoms with van der Waals surface area (Å²) in [5.41, 5.74) is 7.19. The maximum Gasteiger partial charge on any atom is 0.254 e. The quantitative estimate of drug-likeness (QED) is 0.328. The predicted molar refractivity (Wildman–Crippen MR) is 148 cm³/mol. The maximum atomic E-state index is 13.2. The van der Waals surface area contributed by atoms with Crippen molar-refractivity contribution in [1.82, 2.24) is 19.4 Å². The third-order valence-electron chi connectivity index (χ3n) is 7.20. The number of hydrogen-bond donors (Lipinski definition) is 0. The van der Waals surface area contributed by atoms with Crippen molar-refractivity contribution in [2.24, 2.45) is 0 Å². The number of amides is 1. The smallest absolute Gasteiger partial charge is 0.254 e. The van der Waals surface area contributed by atoms with Crippen LogP contribution in [0.2, 0.25) is 0 Å². The third-order valence-corrected chi connectivity index (χ3v) is 7.20. The second-order valence-corrected chi connectivity index (χ2v) is 9.60. The number of carbonyl (C=O) groups excluding carboxylic acids is 1. The van der Waals surface area contributed by atoms with Gasteiger partial charge in [0, 0.05) is 49.2 Å². The average molecular weight is 488 g/mol. The molecule has 0 saturated carbocycles. The molecule has 0 bridgehead atoms. The monoisotopic (exact) mass is 487 g/mol. The number of aromatic nitrogens is 3.